The zero-order valence-corrected chi connectivity index (χ0v) is 12.2. The second-order valence-corrected chi connectivity index (χ2v) is 5.65. The SMILES string of the molecule is NC(=NO)c1cc(CNCC2CCCCC2CO)ccn1. The normalized spacial score (nSPS) is 23.2. The van der Waals surface area contributed by atoms with Crippen molar-refractivity contribution in [1.82, 2.24) is 10.3 Å². The molecule has 1 heterocycles. The molecule has 0 bridgehead atoms. The van der Waals surface area contributed by atoms with Gasteiger partial charge in [-0.15, -0.1) is 0 Å². The lowest BCUT2D eigenvalue weighted by Crippen LogP contribution is -2.32. The average molecular weight is 292 g/mol. The van der Waals surface area contributed by atoms with Crippen LogP contribution in [0.25, 0.3) is 0 Å². The number of aliphatic hydroxyl groups excluding tert-OH is 1. The Labute approximate surface area is 125 Å². The predicted molar refractivity (Wildman–Crippen MR) is 81.0 cm³/mol. The molecule has 2 unspecified atom stereocenters. The molecular formula is C15H24N4O2. The van der Waals surface area contributed by atoms with Crippen LogP contribution in [0.3, 0.4) is 0 Å². The van der Waals surface area contributed by atoms with Crippen molar-refractivity contribution >= 4 is 5.84 Å². The molecule has 21 heavy (non-hydrogen) atoms. The third-order valence-corrected chi connectivity index (χ3v) is 4.23. The molecule has 1 aromatic rings. The van der Waals surface area contributed by atoms with Crippen molar-refractivity contribution in [2.45, 2.75) is 32.2 Å². The standard InChI is InChI=1S/C15H24N4O2/c16-15(19-21)14-7-11(5-6-18-14)8-17-9-12-3-1-2-4-13(12)10-20/h5-7,12-13,17,20-21H,1-4,8-10H2,(H2,16,19). The van der Waals surface area contributed by atoms with Crippen LogP contribution in [-0.4, -0.2) is 34.3 Å². The highest BCUT2D eigenvalue weighted by Gasteiger charge is 2.23. The minimum Gasteiger partial charge on any atom is -0.409 e. The maximum Gasteiger partial charge on any atom is 0.188 e. The van der Waals surface area contributed by atoms with Gasteiger partial charge < -0.3 is 21.4 Å². The summed E-state index contributed by atoms with van der Waals surface area (Å²) in [5.41, 5.74) is 7.05. The maximum atomic E-state index is 9.42. The lowest BCUT2D eigenvalue weighted by Gasteiger charge is -2.30. The van der Waals surface area contributed by atoms with E-state index in [-0.39, 0.29) is 12.4 Å². The number of oxime groups is 1. The van der Waals surface area contributed by atoms with Crippen LogP contribution in [0.5, 0.6) is 0 Å². The van der Waals surface area contributed by atoms with Gasteiger partial charge in [-0.1, -0.05) is 18.0 Å². The third kappa shape index (κ3) is 4.41. The van der Waals surface area contributed by atoms with Gasteiger partial charge in [-0.05, 0) is 48.9 Å². The molecule has 0 aromatic carbocycles. The van der Waals surface area contributed by atoms with Crippen molar-refractivity contribution < 1.29 is 10.3 Å². The summed E-state index contributed by atoms with van der Waals surface area (Å²) in [6.45, 7) is 1.91. The highest BCUT2D eigenvalue weighted by atomic mass is 16.4. The summed E-state index contributed by atoms with van der Waals surface area (Å²) < 4.78 is 0. The van der Waals surface area contributed by atoms with Gasteiger partial charge in [-0.25, -0.2) is 0 Å². The number of rotatable bonds is 6. The van der Waals surface area contributed by atoms with E-state index in [1.54, 1.807) is 6.20 Å². The Hall–Kier alpha value is -1.66. The summed E-state index contributed by atoms with van der Waals surface area (Å²) in [7, 11) is 0. The number of pyridine rings is 1. The number of nitrogens with zero attached hydrogens (tertiary/aromatic N) is 2. The summed E-state index contributed by atoms with van der Waals surface area (Å²) >= 11 is 0. The number of nitrogens with two attached hydrogens (primary N) is 1. The van der Waals surface area contributed by atoms with Crippen molar-refractivity contribution in [1.29, 1.82) is 0 Å². The Morgan fingerprint density at radius 3 is 2.86 bits per heavy atom. The van der Waals surface area contributed by atoms with Gasteiger partial charge in [0.1, 0.15) is 5.69 Å². The quantitative estimate of drug-likeness (QED) is 0.272. The molecule has 6 nitrogen and oxygen atoms in total. The monoisotopic (exact) mass is 292 g/mol. The van der Waals surface area contributed by atoms with E-state index in [2.05, 4.69) is 15.5 Å². The second-order valence-electron chi connectivity index (χ2n) is 5.65. The summed E-state index contributed by atoms with van der Waals surface area (Å²) in [4.78, 5) is 4.06. The largest absolute Gasteiger partial charge is 0.409 e. The van der Waals surface area contributed by atoms with Gasteiger partial charge in [-0.3, -0.25) is 4.98 Å². The van der Waals surface area contributed by atoms with E-state index in [4.69, 9.17) is 10.9 Å². The van der Waals surface area contributed by atoms with Gasteiger partial charge >= 0.3 is 0 Å². The number of nitrogens with one attached hydrogen (secondary N) is 1. The molecule has 0 radical (unpaired) electrons. The first-order valence-electron chi connectivity index (χ1n) is 7.49. The van der Waals surface area contributed by atoms with E-state index >= 15 is 0 Å². The first kappa shape index (κ1) is 15.7. The lowest BCUT2D eigenvalue weighted by molar-refractivity contribution is 0.133. The van der Waals surface area contributed by atoms with Crippen molar-refractivity contribution in [3.05, 3.63) is 29.6 Å². The zero-order chi connectivity index (χ0) is 15.1. The van der Waals surface area contributed by atoms with Gasteiger partial charge in [-0.2, -0.15) is 0 Å². The second kappa shape index (κ2) is 7.95. The number of aromatic nitrogens is 1. The Morgan fingerprint density at radius 2 is 2.14 bits per heavy atom. The molecule has 6 heteroatoms. The molecule has 1 fully saturated rings. The third-order valence-electron chi connectivity index (χ3n) is 4.23. The van der Waals surface area contributed by atoms with Crippen LogP contribution in [0, 0.1) is 11.8 Å². The van der Waals surface area contributed by atoms with Crippen LogP contribution in [0.15, 0.2) is 23.5 Å². The molecule has 1 aromatic heterocycles. The highest BCUT2D eigenvalue weighted by Crippen LogP contribution is 2.29. The average Bonchev–Trinajstić information content (AvgIpc) is 2.55. The number of aliphatic hydroxyl groups is 1. The van der Waals surface area contributed by atoms with Crippen LogP contribution < -0.4 is 11.1 Å². The molecule has 0 spiro atoms. The summed E-state index contributed by atoms with van der Waals surface area (Å²) in [6, 6.07) is 3.72. The lowest BCUT2D eigenvalue weighted by atomic mass is 9.79. The van der Waals surface area contributed by atoms with Crippen molar-refractivity contribution in [2.75, 3.05) is 13.2 Å². The van der Waals surface area contributed by atoms with Crippen LogP contribution in [0.2, 0.25) is 0 Å². The van der Waals surface area contributed by atoms with Crippen molar-refractivity contribution in [2.24, 2.45) is 22.7 Å². The fraction of sp³-hybridized carbons (Fsp3) is 0.600. The number of hydrogen-bond donors (Lipinski definition) is 4. The van der Waals surface area contributed by atoms with E-state index < -0.39 is 0 Å². The molecule has 116 valence electrons. The topological polar surface area (TPSA) is 104 Å². The molecule has 0 saturated heterocycles. The van der Waals surface area contributed by atoms with Crippen LogP contribution in [0.4, 0.5) is 0 Å². The maximum absolute atomic E-state index is 9.42. The van der Waals surface area contributed by atoms with Gasteiger partial charge in [0.05, 0.1) is 0 Å². The minimum absolute atomic E-state index is 0.0180. The van der Waals surface area contributed by atoms with Gasteiger partial charge in [0, 0.05) is 19.3 Å². The van der Waals surface area contributed by atoms with E-state index in [1.807, 2.05) is 12.1 Å². The Kier molecular flexibility index (Phi) is 5.95. The smallest absolute Gasteiger partial charge is 0.188 e. The Balaban J connectivity index is 1.85. The Morgan fingerprint density at radius 1 is 1.38 bits per heavy atom. The zero-order valence-electron chi connectivity index (χ0n) is 12.2. The van der Waals surface area contributed by atoms with Crippen molar-refractivity contribution in [3.63, 3.8) is 0 Å². The fourth-order valence-corrected chi connectivity index (χ4v) is 2.97. The van der Waals surface area contributed by atoms with Gasteiger partial charge in [0.2, 0.25) is 0 Å². The summed E-state index contributed by atoms with van der Waals surface area (Å²) in [6.07, 6.45) is 6.46. The van der Waals surface area contributed by atoms with E-state index in [0.717, 1.165) is 18.5 Å². The number of hydrogen-bond acceptors (Lipinski definition) is 5. The molecule has 5 N–H and O–H groups in total. The van der Waals surface area contributed by atoms with Crippen LogP contribution in [0.1, 0.15) is 36.9 Å². The molecule has 0 amide bonds. The molecule has 1 aliphatic rings. The van der Waals surface area contributed by atoms with Crippen LogP contribution >= 0.6 is 0 Å². The molecule has 0 aliphatic heterocycles. The highest BCUT2D eigenvalue weighted by molar-refractivity contribution is 5.95. The van der Waals surface area contributed by atoms with Crippen LogP contribution in [-0.2, 0) is 6.54 Å². The first-order valence-corrected chi connectivity index (χ1v) is 7.49. The fourth-order valence-electron chi connectivity index (χ4n) is 2.97. The molecular weight excluding hydrogens is 268 g/mol. The van der Waals surface area contributed by atoms with Gasteiger partial charge in [0.15, 0.2) is 5.84 Å². The summed E-state index contributed by atoms with van der Waals surface area (Å²) in [5.74, 6) is 0.995. The summed E-state index contributed by atoms with van der Waals surface area (Å²) in [5, 5.41) is 24.5. The molecule has 2 atom stereocenters. The first-order chi connectivity index (χ1) is 10.2. The minimum atomic E-state index is 0.0180. The predicted octanol–water partition coefficient (Wildman–Crippen LogP) is 1.06. The molecule has 2 rings (SSSR count). The van der Waals surface area contributed by atoms with E-state index in [0.29, 0.717) is 24.1 Å². The Bertz CT molecular complexity index is 478. The molecule has 1 saturated carbocycles. The van der Waals surface area contributed by atoms with Gasteiger partial charge in [0.25, 0.3) is 0 Å². The van der Waals surface area contributed by atoms with E-state index in [1.165, 1.54) is 19.3 Å². The van der Waals surface area contributed by atoms with E-state index in [9.17, 15) is 5.11 Å². The number of amidine groups is 1. The molecule has 1 aliphatic carbocycles. The van der Waals surface area contributed by atoms with Crippen molar-refractivity contribution in [3.8, 4) is 0 Å².